The number of hydrogen-bond donors (Lipinski definition) is 2. The van der Waals surface area contributed by atoms with E-state index in [1.165, 1.54) is 21.9 Å². The lowest BCUT2D eigenvalue weighted by atomic mass is 10.0. The zero-order valence-corrected chi connectivity index (χ0v) is 23.9. The third-order valence-electron chi connectivity index (χ3n) is 7.81. The number of likely N-dealkylation sites (N-methyl/N-ethyl adjacent to an activating group) is 1. The van der Waals surface area contributed by atoms with Gasteiger partial charge in [-0.15, -0.1) is 0 Å². The van der Waals surface area contributed by atoms with Crippen molar-refractivity contribution in [1.82, 2.24) is 19.7 Å². The molecule has 2 heterocycles. The maximum absolute atomic E-state index is 13.8. The maximum atomic E-state index is 13.8. The average Bonchev–Trinajstić information content (AvgIpc) is 3.56. The van der Waals surface area contributed by atoms with Gasteiger partial charge in [0.05, 0.1) is 16.6 Å². The summed E-state index contributed by atoms with van der Waals surface area (Å²) < 4.78 is 1.84. The number of likely N-dealkylation sites (tertiary alicyclic amines) is 1. The molecule has 0 bridgehead atoms. The van der Waals surface area contributed by atoms with Crippen molar-refractivity contribution in [3.63, 3.8) is 0 Å². The Balaban J connectivity index is 1.39. The number of fused-ring (bicyclic) bond motifs is 1. The standard InChI is InChI=1S/C32H33N5O6/c1-34-20-26(25-10-6-7-11-28(25)34)31(40)36-19-24(38)17-29(36)30(39)33-27(16-21-12-14-23(15-13-21)37(42)43)32(41)35(2)18-22-8-4-3-5-9-22/h3-15,20,24,27,29,38H,16-19H2,1-2H3,(H,33,39)/t24-,27-,29?/m1/s1. The van der Waals surface area contributed by atoms with E-state index in [1.54, 1.807) is 25.4 Å². The van der Waals surface area contributed by atoms with Gasteiger partial charge in [0.1, 0.15) is 12.1 Å². The molecule has 3 aromatic carbocycles. The Hall–Kier alpha value is -5.03. The summed E-state index contributed by atoms with van der Waals surface area (Å²) in [5.74, 6) is -1.30. The highest BCUT2D eigenvalue weighted by Gasteiger charge is 2.41. The smallest absolute Gasteiger partial charge is 0.269 e. The van der Waals surface area contributed by atoms with Crippen LogP contribution in [0, 0.1) is 10.1 Å². The largest absolute Gasteiger partial charge is 0.391 e. The van der Waals surface area contributed by atoms with Crippen molar-refractivity contribution in [1.29, 1.82) is 0 Å². The number of rotatable bonds is 9. The first-order chi connectivity index (χ1) is 20.6. The fourth-order valence-corrected chi connectivity index (χ4v) is 5.61. The minimum atomic E-state index is -1.02. The predicted molar refractivity (Wildman–Crippen MR) is 160 cm³/mol. The summed E-state index contributed by atoms with van der Waals surface area (Å²) in [6, 6.07) is 20.7. The first-order valence-electron chi connectivity index (χ1n) is 14.0. The summed E-state index contributed by atoms with van der Waals surface area (Å²) in [4.78, 5) is 54.7. The predicted octanol–water partition coefficient (Wildman–Crippen LogP) is 3.05. The maximum Gasteiger partial charge on any atom is 0.269 e. The fraction of sp³-hybridized carbons (Fsp3) is 0.281. The molecule has 1 unspecified atom stereocenters. The summed E-state index contributed by atoms with van der Waals surface area (Å²) in [6.07, 6.45) is 0.917. The van der Waals surface area contributed by atoms with E-state index in [1.807, 2.05) is 66.2 Å². The number of benzene rings is 3. The lowest BCUT2D eigenvalue weighted by molar-refractivity contribution is -0.384. The van der Waals surface area contributed by atoms with Gasteiger partial charge in [-0.25, -0.2) is 0 Å². The van der Waals surface area contributed by atoms with Crippen LogP contribution in [0.3, 0.4) is 0 Å². The van der Waals surface area contributed by atoms with Crippen LogP contribution in [0.5, 0.6) is 0 Å². The topological polar surface area (TPSA) is 138 Å². The minimum absolute atomic E-state index is 0.0188. The fourth-order valence-electron chi connectivity index (χ4n) is 5.61. The number of non-ortho nitro benzene ring substituents is 1. The van der Waals surface area contributed by atoms with Crippen LogP contribution in [0.15, 0.2) is 85.1 Å². The lowest BCUT2D eigenvalue weighted by Crippen LogP contribution is -2.54. The van der Waals surface area contributed by atoms with Gasteiger partial charge in [0.15, 0.2) is 0 Å². The van der Waals surface area contributed by atoms with Crippen molar-refractivity contribution >= 4 is 34.3 Å². The highest BCUT2D eigenvalue weighted by molar-refractivity contribution is 6.08. The Morgan fingerprint density at radius 2 is 1.70 bits per heavy atom. The number of nitrogens with one attached hydrogen (secondary N) is 1. The number of amides is 3. The monoisotopic (exact) mass is 583 g/mol. The molecule has 0 saturated carbocycles. The van der Waals surface area contributed by atoms with Crippen LogP contribution in [-0.2, 0) is 29.6 Å². The van der Waals surface area contributed by atoms with Crippen LogP contribution in [0.25, 0.3) is 10.9 Å². The molecular weight excluding hydrogens is 550 g/mol. The second kappa shape index (κ2) is 12.5. The first-order valence-corrected chi connectivity index (χ1v) is 14.0. The molecule has 1 aromatic heterocycles. The van der Waals surface area contributed by atoms with Crippen molar-refractivity contribution in [2.45, 2.75) is 37.6 Å². The van der Waals surface area contributed by atoms with Crippen LogP contribution in [-0.4, -0.2) is 73.9 Å². The van der Waals surface area contributed by atoms with Crippen LogP contribution < -0.4 is 5.32 Å². The highest BCUT2D eigenvalue weighted by Crippen LogP contribution is 2.27. The molecule has 1 saturated heterocycles. The van der Waals surface area contributed by atoms with E-state index in [9.17, 15) is 29.6 Å². The average molecular weight is 584 g/mol. The number of aliphatic hydroxyl groups is 1. The van der Waals surface area contributed by atoms with Gasteiger partial charge in [-0.1, -0.05) is 60.7 Å². The molecule has 1 fully saturated rings. The molecule has 43 heavy (non-hydrogen) atoms. The quantitative estimate of drug-likeness (QED) is 0.230. The molecule has 0 spiro atoms. The van der Waals surface area contributed by atoms with Gasteiger partial charge in [0.25, 0.3) is 11.6 Å². The zero-order valence-electron chi connectivity index (χ0n) is 23.9. The van der Waals surface area contributed by atoms with Crippen molar-refractivity contribution in [3.05, 3.63) is 112 Å². The molecule has 11 heteroatoms. The number of para-hydroxylation sites is 1. The molecule has 3 atom stereocenters. The third-order valence-corrected chi connectivity index (χ3v) is 7.81. The van der Waals surface area contributed by atoms with E-state index in [0.29, 0.717) is 17.7 Å². The molecule has 1 aliphatic rings. The van der Waals surface area contributed by atoms with Crippen molar-refractivity contribution in [2.24, 2.45) is 7.05 Å². The number of aromatic nitrogens is 1. The molecule has 0 radical (unpaired) electrons. The van der Waals surface area contributed by atoms with Gasteiger partial charge < -0.3 is 24.8 Å². The van der Waals surface area contributed by atoms with E-state index < -0.39 is 29.0 Å². The Morgan fingerprint density at radius 3 is 2.40 bits per heavy atom. The summed E-state index contributed by atoms with van der Waals surface area (Å²) in [5, 5.41) is 25.2. The second-order valence-corrected chi connectivity index (χ2v) is 10.9. The summed E-state index contributed by atoms with van der Waals surface area (Å²) in [7, 11) is 3.47. The number of hydrogen-bond acceptors (Lipinski definition) is 6. The first kappa shape index (κ1) is 29.5. The second-order valence-electron chi connectivity index (χ2n) is 10.9. The van der Waals surface area contributed by atoms with Gasteiger partial charge in [0.2, 0.25) is 11.8 Å². The number of carbonyl (C=O) groups is 3. The number of β-amino-alcohol motifs (C(OH)–C–C–N with tert-alkyl or cyclic N) is 1. The van der Waals surface area contributed by atoms with Gasteiger partial charge in [-0.05, 0) is 17.2 Å². The normalized spacial score (nSPS) is 17.0. The number of carbonyl (C=O) groups excluding carboxylic acids is 3. The SMILES string of the molecule is CN(Cc1ccccc1)C(=O)[C@@H](Cc1ccc([N+](=O)[O-])cc1)NC(=O)C1C[C@@H](O)CN1C(=O)c1cn(C)c2ccccc12. The molecular formula is C32H33N5O6. The number of nitro groups is 1. The Labute approximate surface area is 248 Å². The van der Waals surface area contributed by atoms with E-state index in [0.717, 1.165) is 16.5 Å². The Bertz CT molecular complexity index is 1650. The van der Waals surface area contributed by atoms with Crippen LogP contribution in [0.4, 0.5) is 5.69 Å². The van der Waals surface area contributed by atoms with Crippen LogP contribution in [0.2, 0.25) is 0 Å². The number of nitro benzene ring substituents is 1. The van der Waals surface area contributed by atoms with Gasteiger partial charge >= 0.3 is 0 Å². The summed E-state index contributed by atoms with van der Waals surface area (Å²) >= 11 is 0. The minimum Gasteiger partial charge on any atom is -0.391 e. The Morgan fingerprint density at radius 1 is 1.02 bits per heavy atom. The molecule has 11 nitrogen and oxygen atoms in total. The summed E-state index contributed by atoms with van der Waals surface area (Å²) in [5.41, 5.74) is 2.73. The molecule has 3 amide bonds. The number of aryl methyl sites for hydroxylation is 1. The highest BCUT2D eigenvalue weighted by atomic mass is 16.6. The molecule has 5 rings (SSSR count). The van der Waals surface area contributed by atoms with Gasteiger partial charge in [-0.3, -0.25) is 24.5 Å². The van der Waals surface area contributed by atoms with Crippen molar-refractivity contribution in [2.75, 3.05) is 13.6 Å². The molecule has 2 N–H and O–H groups in total. The van der Waals surface area contributed by atoms with E-state index in [2.05, 4.69) is 5.32 Å². The third kappa shape index (κ3) is 6.41. The van der Waals surface area contributed by atoms with Gasteiger partial charge in [0, 0.05) is 69.3 Å². The zero-order chi connectivity index (χ0) is 30.7. The summed E-state index contributed by atoms with van der Waals surface area (Å²) in [6.45, 7) is 0.287. The van der Waals surface area contributed by atoms with Crippen molar-refractivity contribution in [3.8, 4) is 0 Å². The molecule has 0 aliphatic carbocycles. The number of aliphatic hydroxyl groups excluding tert-OH is 1. The molecule has 222 valence electrons. The number of nitrogens with zero attached hydrogens (tertiary/aromatic N) is 4. The molecule has 1 aliphatic heterocycles. The van der Waals surface area contributed by atoms with E-state index in [-0.39, 0.29) is 36.9 Å². The lowest BCUT2D eigenvalue weighted by Gasteiger charge is -2.28. The van der Waals surface area contributed by atoms with Crippen LogP contribution in [0.1, 0.15) is 27.9 Å². The Kier molecular flexibility index (Phi) is 8.53. The van der Waals surface area contributed by atoms with E-state index in [4.69, 9.17) is 0 Å². The van der Waals surface area contributed by atoms with Crippen LogP contribution >= 0.6 is 0 Å². The van der Waals surface area contributed by atoms with Gasteiger partial charge in [-0.2, -0.15) is 0 Å². The van der Waals surface area contributed by atoms with E-state index >= 15 is 0 Å². The molecule has 4 aromatic rings. The van der Waals surface area contributed by atoms with Crippen molar-refractivity contribution < 1.29 is 24.4 Å².